The maximum atomic E-state index is 12.3. The van der Waals surface area contributed by atoms with Gasteiger partial charge in [0, 0.05) is 29.1 Å². The lowest BCUT2D eigenvalue weighted by Crippen LogP contribution is -2.47. The van der Waals surface area contributed by atoms with E-state index in [1.165, 1.54) is 0 Å². The van der Waals surface area contributed by atoms with Crippen molar-refractivity contribution < 1.29 is 4.79 Å². The Morgan fingerprint density at radius 1 is 1.10 bits per heavy atom. The van der Waals surface area contributed by atoms with Gasteiger partial charge in [-0.15, -0.1) is 0 Å². The van der Waals surface area contributed by atoms with Crippen LogP contribution in [0.4, 0.5) is 0 Å². The molecule has 4 heteroatoms. The Balaban J connectivity index is 2.81. The van der Waals surface area contributed by atoms with Gasteiger partial charge in [-0.2, -0.15) is 0 Å². The summed E-state index contributed by atoms with van der Waals surface area (Å²) in [6.07, 6.45) is 0.897. The minimum Gasteiger partial charge on any atom is -0.350 e. The monoisotopic (exact) mass is 292 g/mol. The van der Waals surface area contributed by atoms with Gasteiger partial charge < -0.3 is 9.88 Å². The lowest BCUT2D eigenvalue weighted by molar-refractivity contribution is -0.123. The topological polar surface area (TPSA) is 51.1 Å². The van der Waals surface area contributed by atoms with E-state index in [0.717, 1.165) is 17.8 Å². The van der Waals surface area contributed by atoms with Gasteiger partial charge in [0.2, 0.25) is 5.91 Å². The third kappa shape index (κ3) is 5.74. The molecule has 0 aliphatic heterocycles. The summed E-state index contributed by atoms with van der Waals surface area (Å²) in [6.45, 7) is 14.5. The van der Waals surface area contributed by atoms with Gasteiger partial charge in [0.15, 0.2) is 5.43 Å². The van der Waals surface area contributed by atoms with E-state index in [9.17, 15) is 9.59 Å². The number of pyridine rings is 1. The smallest absolute Gasteiger partial charge is 0.240 e. The van der Waals surface area contributed by atoms with E-state index in [1.54, 1.807) is 12.1 Å². The van der Waals surface area contributed by atoms with Gasteiger partial charge in [0.25, 0.3) is 0 Å². The zero-order chi connectivity index (χ0) is 16.4. The fraction of sp³-hybridized carbons (Fsp3) is 0.647. The second kappa shape index (κ2) is 6.04. The molecule has 4 nitrogen and oxygen atoms in total. The van der Waals surface area contributed by atoms with Crippen molar-refractivity contribution in [1.29, 1.82) is 0 Å². The minimum atomic E-state index is -0.254. The van der Waals surface area contributed by atoms with Gasteiger partial charge in [-0.05, 0) is 39.5 Å². The van der Waals surface area contributed by atoms with Crippen molar-refractivity contribution in [3.8, 4) is 0 Å². The SMILES string of the molecule is Cc1cc(=O)cc(C)n1CC(=O)NC(C)(C)CC(C)(C)C. The maximum absolute atomic E-state index is 12.3. The molecule has 1 aromatic heterocycles. The Bertz CT molecular complexity index is 551. The van der Waals surface area contributed by atoms with Crippen molar-refractivity contribution in [1.82, 2.24) is 9.88 Å². The molecule has 0 aliphatic rings. The first-order chi connectivity index (χ1) is 9.39. The molecule has 0 atom stereocenters. The highest BCUT2D eigenvalue weighted by atomic mass is 16.2. The zero-order valence-electron chi connectivity index (χ0n) is 14.3. The summed E-state index contributed by atoms with van der Waals surface area (Å²) in [5.74, 6) is -0.0286. The highest BCUT2D eigenvalue weighted by molar-refractivity contribution is 5.76. The summed E-state index contributed by atoms with van der Waals surface area (Å²) in [4.78, 5) is 23.7. The number of nitrogens with one attached hydrogen (secondary N) is 1. The molecule has 0 bridgehead atoms. The van der Waals surface area contributed by atoms with Crippen molar-refractivity contribution in [3.05, 3.63) is 33.7 Å². The van der Waals surface area contributed by atoms with Gasteiger partial charge in [-0.1, -0.05) is 20.8 Å². The predicted molar refractivity (Wildman–Crippen MR) is 86.5 cm³/mol. The lowest BCUT2D eigenvalue weighted by Gasteiger charge is -2.33. The molecule has 0 saturated carbocycles. The average Bonchev–Trinajstić information content (AvgIpc) is 2.18. The van der Waals surface area contributed by atoms with Crippen LogP contribution in [0, 0.1) is 19.3 Å². The largest absolute Gasteiger partial charge is 0.350 e. The van der Waals surface area contributed by atoms with Crippen molar-refractivity contribution in [3.63, 3.8) is 0 Å². The quantitative estimate of drug-likeness (QED) is 0.927. The van der Waals surface area contributed by atoms with Crippen LogP contribution in [0.15, 0.2) is 16.9 Å². The maximum Gasteiger partial charge on any atom is 0.240 e. The molecule has 0 saturated heterocycles. The Kier molecular flexibility index (Phi) is 5.03. The van der Waals surface area contributed by atoms with Crippen molar-refractivity contribution in [2.75, 3.05) is 0 Å². The van der Waals surface area contributed by atoms with Crippen LogP contribution in [0.2, 0.25) is 0 Å². The van der Waals surface area contributed by atoms with E-state index >= 15 is 0 Å². The van der Waals surface area contributed by atoms with Crippen LogP contribution in [0.3, 0.4) is 0 Å². The number of amides is 1. The first kappa shape index (κ1) is 17.5. The van der Waals surface area contributed by atoms with Gasteiger partial charge >= 0.3 is 0 Å². The van der Waals surface area contributed by atoms with Crippen molar-refractivity contribution >= 4 is 5.91 Å². The summed E-state index contributed by atoms with van der Waals surface area (Å²) in [5, 5.41) is 3.09. The number of nitrogens with zero attached hydrogens (tertiary/aromatic N) is 1. The Morgan fingerprint density at radius 2 is 1.57 bits per heavy atom. The third-order valence-electron chi connectivity index (χ3n) is 3.31. The molecular weight excluding hydrogens is 264 g/mol. The Labute approximate surface area is 127 Å². The van der Waals surface area contributed by atoms with Gasteiger partial charge in [0.05, 0.1) is 0 Å². The van der Waals surface area contributed by atoms with E-state index in [0.29, 0.717) is 0 Å². The van der Waals surface area contributed by atoms with Crippen LogP contribution < -0.4 is 10.7 Å². The lowest BCUT2D eigenvalue weighted by atomic mass is 9.82. The molecule has 118 valence electrons. The van der Waals surface area contributed by atoms with Crippen LogP contribution in [-0.2, 0) is 11.3 Å². The zero-order valence-corrected chi connectivity index (χ0v) is 14.3. The van der Waals surface area contributed by atoms with E-state index in [2.05, 4.69) is 26.1 Å². The van der Waals surface area contributed by atoms with Crippen molar-refractivity contribution in [2.24, 2.45) is 5.41 Å². The van der Waals surface area contributed by atoms with E-state index < -0.39 is 0 Å². The fourth-order valence-electron chi connectivity index (χ4n) is 3.07. The van der Waals surface area contributed by atoms with Gasteiger partial charge in [0.1, 0.15) is 6.54 Å². The number of aryl methyl sites for hydroxylation is 2. The molecule has 1 heterocycles. The highest BCUT2D eigenvalue weighted by Crippen LogP contribution is 2.26. The Hall–Kier alpha value is -1.58. The standard InChI is InChI=1S/C17H28N2O2/c1-12-8-14(20)9-13(2)19(12)10-15(21)18-17(6,7)11-16(3,4)5/h8-9H,10-11H2,1-7H3,(H,18,21). The van der Waals surface area contributed by atoms with Crippen LogP contribution in [-0.4, -0.2) is 16.0 Å². The summed E-state index contributed by atoms with van der Waals surface area (Å²) in [7, 11) is 0. The van der Waals surface area contributed by atoms with E-state index in [1.807, 2.05) is 32.3 Å². The molecule has 0 spiro atoms. The van der Waals surface area contributed by atoms with E-state index in [-0.39, 0.29) is 28.8 Å². The van der Waals surface area contributed by atoms with E-state index in [4.69, 9.17) is 0 Å². The molecule has 0 unspecified atom stereocenters. The summed E-state index contributed by atoms with van der Waals surface area (Å²) < 4.78 is 1.86. The molecule has 0 radical (unpaired) electrons. The average molecular weight is 292 g/mol. The first-order valence-electron chi connectivity index (χ1n) is 7.39. The summed E-state index contributed by atoms with van der Waals surface area (Å²) in [6, 6.07) is 3.11. The van der Waals surface area contributed by atoms with Crippen LogP contribution in [0.1, 0.15) is 52.4 Å². The van der Waals surface area contributed by atoms with Gasteiger partial charge in [-0.25, -0.2) is 0 Å². The molecular formula is C17H28N2O2. The molecule has 21 heavy (non-hydrogen) atoms. The predicted octanol–water partition coefficient (Wildman–Crippen LogP) is 2.80. The third-order valence-corrected chi connectivity index (χ3v) is 3.31. The molecule has 1 amide bonds. The first-order valence-corrected chi connectivity index (χ1v) is 7.39. The molecule has 1 N–H and O–H groups in total. The van der Waals surface area contributed by atoms with Crippen molar-refractivity contribution in [2.45, 2.75) is 67.0 Å². The molecule has 1 aromatic rings. The summed E-state index contributed by atoms with van der Waals surface area (Å²) in [5.41, 5.74) is 1.50. The highest BCUT2D eigenvalue weighted by Gasteiger charge is 2.27. The second-order valence-corrected chi connectivity index (χ2v) is 7.73. The minimum absolute atomic E-state index is 0.0188. The molecule has 0 aromatic carbocycles. The molecule has 0 fully saturated rings. The number of carbonyl (C=O) groups is 1. The molecule has 1 rings (SSSR count). The number of rotatable bonds is 4. The fourth-order valence-corrected chi connectivity index (χ4v) is 3.07. The molecule has 0 aliphatic carbocycles. The normalized spacial score (nSPS) is 12.3. The second-order valence-electron chi connectivity index (χ2n) is 7.73. The number of carbonyl (C=O) groups excluding carboxylic acids is 1. The summed E-state index contributed by atoms with van der Waals surface area (Å²) >= 11 is 0. The number of hydrogen-bond donors (Lipinski definition) is 1. The Morgan fingerprint density at radius 3 is 2.00 bits per heavy atom. The number of aromatic nitrogens is 1. The van der Waals surface area contributed by atoms with Gasteiger partial charge in [-0.3, -0.25) is 9.59 Å². The van der Waals surface area contributed by atoms with Crippen LogP contribution >= 0.6 is 0 Å². The number of hydrogen-bond acceptors (Lipinski definition) is 2. The van der Waals surface area contributed by atoms with Crippen LogP contribution in [0.5, 0.6) is 0 Å². The van der Waals surface area contributed by atoms with Crippen LogP contribution in [0.25, 0.3) is 0 Å².